The molecule has 1 heterocycles. The summed E-state index contributed by atoms with van der Waals surface area (Å²) in [5.41, 5.74) is 1.69. The zero-order chi connectivity index (χ0) is 21.0. The van der Waals surface area contributed by atoms with Crippen LogP contribution in [-0.4, -0.2) is 53.3 Å². The lowest BCUT2D eigenvalue weighted by atomic mass is 10.1. The molecular weight excluding hydrogens is 373 g/mol. The van der Waals surface area contributed by atoms with Gasteiger partial charge in [0.05, 0.1) is 18.8 Å². The van der Waals surface area contributed by atoms with Gasteiger partial charge in [0.1, 0.15) is 17.4 Å². The highest BCUT2D eigenvalue weighted by atomic mass is 19.1. The average molecular weight is 397 g/mol. The van der Waals surface area contributed by atoms with Crippen molar-refractivity contribution in [3.63, 3.8) is 0 Å². The summed E-state index contributed by atoms with van der Waals surface area (Å²) >= 11 is 0. The minimum absolute atomic E-state index is 0.0230. The third-order valence-corrected chi connectivity index (χ3v) is 4.62. The molecule has 0 spiro atoms. The molecule has 29 heavy (non-hydrogen) atoms. The van der Waals surface area contributed by atoms with E-state index in [1.54, 1.807) is 26.2 Å². The molecule has 0 aliphatic rings. The van der Waals surface area contributed by atoms with Gasteiger partial charge in [-0.05, 0) is 63.0 Å². The van der Waals surface area contributed by atoms with E-state index >= 15 is 0 Å². The van der Waals surface area contributed by atoms with Crippen LogP contribution in [0.3, 0.4) is 0 Å². The fourth-order valence-corrected chi connectivity index (χ4v) is 3.01. The van der Waals surface area contributed by atoms with Crippen LogP contribution in [0.25, 0.3) is 5.69 Å². The van der Waals surface area contributed by atoms with E-state index in [2.05, 4.69) is 15.4 Å². The molecule has 0 saturated heterocycles. The topological polar surface area (TPSA) is 72.3 Å². The van der Waals surface area contributed by atoms with Crippen molar-refractivity contribution in [2.24, 2.45) is 0 Å². The number of ether oxygens (including phenoxy) is 1. The number of amides is 1. The Morgan fingerprint density at radius 2 is 1.83 bits per heavy atom. The number of carbonyl (C=O) groups is 1. The Kier molecular flexibility index (Phi) is 6.23. The third kappa shape index (κ3) is 4.78. The number of aryl methyl sites for hydroxylation is 1. The lowest BCUT2D eigenvalue weighted by molar-refractivity contribution is 0.0931. The normalized spacial score (nSPS) is 12.1. The Labute approximate surface area is 169 Å². The second kappa shape index (κ2) is 8.83. The Balaban J connectivity index is 1.72. The van der Waals surface area contributed by atoms with E-state index in [0.717, 1.165) is 11.3 Å². The zero-order valence-corrected chi connectivity index (χ0v) is 16.9. The number of aromatic nitrogens is 3. The highest BCUT2D eigenvalue weighted by molar-refractivity contribution is 5.90. The van der Waals surface area contributed by atoms with Crippen LogP contribution in [0.2, 0.25) is 0 Å². The number of nitrogens with one attached hydrogen (secondary N) is 1. The van der Waals surface area contributed by atoms with E-state index < -0.39 is 0 Å². The summed E-state index contributed by atoms with van der Waals surface area (Å²) in [4.78, 5) is 18.9. The molecule has 1 N–H and O–H groups in total. The van der Waals surface area contributed by atoms with Crippen molar-refractivity contribution >= 4 is 5.91 Å². The van der Waals surface area contributed by atoms with Crippen LogP contribution in [0.15, 0.2) is 48.5 Å². The third-order valence-electron chi connectivity index (χ3n) is 4.62. The van der Waals surface area contributed by atoms with Crippen LogP contribution in [0.4, 0.5) is 4.39 Å². The molecule has 1 unspecified atom stereocenters. The SMILES string of the molecule is COc1ccc(C(CNC(=O)c2nc(C)n(-c3ccc(F)cc3)n2)N(C)C)cc1. The van der Waals surface area contributed by atoms with Crippen molar-refractivity contribution in [1.82, 2.24) is 25.0 Å². The molecule has 1 amide bonds. The van der Waals surface area contributed by atoms with Crippen LogP contribution in [0, 0.1) is 12.7 Å². The molecule has 3 rings (SSSR count). The number of nitrogens with zero attached hydrogens (tertiary/aromatic N) is 4. The predicted molar refractivity (Wildman–Crippen MR) is 108 cm³/mol. The van der Waals surface area contributed by atoms with Crippen LogP contribution < -0.4 is 10.1 Å². The van der Waals surface area contributed by atoms with Crippen molar-refractivity contribution in [2.45, 2.75) is 13.0 Å². The number of carbonyl (C=O) groups excluding carboxylic acids is 1. The smallest absolute Gasteiger partial charge is 0.291 e. The van der Waals surface area contributed by atoms with Crippen LogP contribution in [0.5, 0.6) is 5.75 Å². The molecule has 3 aromatic rings. The Hall–Kier alpha value is -3.26. The molecular formula is C21H24FN5O2. The van der Waals surface area contributed by atoms with E-state index in [-0.39, 0.29) is 23.6 Å². The minimum Gasteiger partial charge on any atom is -0.497 e. The molecule has 1 atom stereocenters. The van der Waals surface area contributed by atoms with Gasteiger partial charge in [0.15, 0.2) is 0 Å². The van der Waals surface area contributed by atoms with Gasteiger partial charge in [-0.25, -0.2) is 14.1 Å². The number of hydrogen-bond donors (Lipinski definition) is 1. The molecule has 0 radical (unpaired) electrons. The minimum atomic E-state index is -0.366. The van der Waals surface area contributed by atoms with Crippen LogP contribution in [0.1, 0.15) is 28.0 Å². The van der Waals surface area contributed by atoms with Gasteiger partial charge in [-0.2, -0.15) is 0 Å². The molecule has 0 bridgehead atoms. The summed E-state index contributed by atoms with van der Waals surface area (Å²) in [6.45, 7) is 2.13. The van der Waals surface area contributed by atoms with E-state index in [0.29, 0.717) is 18.1 Å². The molecule has 152 valence electrons. The van der Waals surface area contributed by atoms with Crippen molar-refractivity contribution in [2.75, 3.05) is 27.7 Å². The summed E-state index contributed by atoms with van der Waals surface area (Å²) in [6, 6.07) is 13.6. The zero-order valence-electron chi connectivity index (χ0n) is 16.9. The molecule has 7 nitrogen and oxygen atoms in total. The largest absolute Gasteiger partial charge is 0.497 e. The van der Waals surface area contributed by atoms with Crippen LogP contribution in [-0.2, 0) is 0 Å². The van der Waals surface area contributed by atoms with Gasteiger partial charge in [-0.1, -0.05) is 12.1 Å². The van der Waals surface area contributed by atoms with Gasteiger partial charge in [-0.3, -0.25) is 4.79 Å². The van der Waals surface area contributed by atoms with Gasteiger partial charge in [-0.15, -0.1) is 5.10 Å². The lowest BCUT2D eigenvalue weighted by Crippen LogP contribution is -2.35. The van der Waals surface area contributed by atoms with E-state index in [1.807, 2.05) is 43.3 Å². The maximum Gasteiger partial charge on any atom is 0.291 e. The van der Waals surface area contributed by atoms with Gasteiger partial charge in [0, 0.05) is 6.54 Å². The highest BCUT2D eigenvalue weighted by Crippen LogP contribution is 2.21. The second-order valence-electron chi connectivity index (χ2n) is 6.83. The van der Waals surface area contributed by atoms with Crippen molar-refractivity contribution in [3.8, 4) is 11.4 Å². The number of methoxy groups -OCH3 is 1. The summed E-state index contributed by atoms with van der Waals surface area (Å²) in [5, 5.41) is 7.17. The highest BCUT2D eigenvalue weighted by Gasteiger charge is 2.19. The second-order valence-corrected chi connectivity index (χ2v) is 6.83. The van der Waals surface area contributed by atoms with Gasteiger partial charge >= 0.3 is 0 Å². The molecule has 8 heteroatoms. The monoisotopic (exact) mass is 397 g/mol. The van der Waals surface area contributed by atoms with Gasteiger partial charge in [0.2, 0.25) is 5.82 Å². The summed E-state index contributed by atoms with van der Waals surface area (Å²) in [5.74, 6) is 0.688. The maximum atomic E-state index is 13.1. The summed E-state index contributed by atoms with van der Waals surface area (Å²) < 4.78 is 19.9. The van der Waals surface area contributed by atoms with E-state index in [9.17, 15) is 9.18 Å². The fraction of sp³-hybridized carbons (Fsp3) is 0.286. The Bertz CT molecular complexity index is 968. The van der Waals surface area contributed by atoms with Crippen molar-refractivity contribution in [1.29, 1.82) is 0 Å². The Morgan fingerprint density at radius 1 is 1.17 bits per heavy atom. The number of benzene rings is 2. The number of hydrogen-bond acceptors (Lipinski definition) is 5. The lowest BCUT2D eigenvalue weighted by Gasteiger charge is -2.25. The Morgan fingerprint density at radius 3 is 2.41 bits per heavy atom. The van der Waals surface area contributed by atoms with Gasteiger partial charge < -0.3 is 15.0 Å². The van der Waals surface area contributed by atoms with Gasteiger partial charge in [0.25, 0.3) is 5.91 Å². The fourth-order valence-electron chi connectivity index (χ4n) is 3.01. The molecule has 0 saturated carbocycles. The average Bonchev–Trinajstić information content (AvgIpc) is 3.10. The first-order valence-electron chi connectivity index (χ1n) is 9.17. The van der Waals surface area contributed by atoms with Crippen LogP contribution >= 0.6 is 0 Å². The number of likely N-dealkylation sites (N-methyl/N-ethyl adjacent to an activating group) is 1. The quantitative estimate of drug-likeness (QED) is 0.664. The summed E-state index contributed by atoms with van der Waals surface area (Å²) in [7, 11) is 5.53. The standard InChI is InChI=1S/C21H24FN5O2/c1-14-24-20(25-27(14)17-9-7-16(22)8-10-17)21(28)23-13-19(26(2)3)15-5-11-18(29-4)12-6-15/h5-12,19H,13H2,1-4H3,(H,23,28). The van der Waals surface area contributed by atoms with Crippen molar-refractivity contribution in [3.05, 3.63) is 71.6 Å². The molecule has 0 aliphatic carbocycles. The molecule has 0 fully saturated rings. The molecule has 2 aromatic carbocycles. The van der Waals surface area contributed by atoms with E-state index in [4.69, 9.17) is 4.74 Å². The molecule has 1 aromatic heterocycles. The predicted octanol–water partition coefficient (Wildman–Crippen LogP) is 2.76. The number of rotatable bonds is 7. The maximum absolute atomic E-state index is 13.1. The first-order valence-corrected chi connectivity index (χ1v) is 9.17. The number of halogens is 1. The van der Waals surface area contributed by atoms with Crippen molar-refractivity contribution < 1.29 is 13.9 Å². The first kappa shape index (κ1) is 20.5. The first-order chi connectivity index (χ1) is 13.9. The summed E-state index contributed by atoms with van der Waals surface area (Å²) in [6.07, 6.45) is 0. The molecule has 0 aliphatic heterocycles. The van der Waals surface area contributed by atoms with E-state index in [1.165, 1.54) is 16.8 Å².